The van der Waals surface area contributed by atoms with E-state index in [-0.39, 0.29) is 5.91 Å². The van der Waals surface area contributed by atoms with Crippen molar-refractivity contribution in [2.24, 2.45) is 5.92 Å². The van der Waals surface area contributed by atoms with Crippen molar-refractivity contribution in [3.63, 3.8) is 0 Å². The third kappa shape index (κ3) is 2.60. The molecule has 0 N–H and O–H groups in total. The molecule has 1 aromatic rings. The maximum Gasteiger partial charge on any atom is 0.272 e. The highest BCUT2D eigenvalue weighted by atomic mass is 35.5. The second-order valence-electron chi connectivity index (χ2n) is 4.81. The summed E-state index contributed by atoms with van der Waals surface area (Å²) in [5.41, 5.74) is 0.449. The lowest BCUT2D eigenvalue weighted by Crippen LogP contribution is -2.38. The van der Waals surface area contributed by atoms with Gasteiger partial charge in [-0.3, -0.25) is 9.78 Å². The Bertz CT molecular complexity index is 420. The van der Waals surface area contributed by atoms with E-state index in [1.54, 1.807) is 18.3 Å². The number of hydrogen-bond donors (Lipinski definition) is 0. The average molecular weight is 253 g/mol. The van der Waals surface area contributed by atoms with E-state index in [1.807, 2.05) is 4.90 Å². The molecular formula is C13H17ClN2O. The van der Waals surface area contributed by atoms with E-state index < -0.39 is 0 Å². The Balaban J connectivity index is 2.20. The molecule has 1 aliphatic rings. The second kappa shape index (κ2) is 5.05. The van der Waals surface area contributed by atoms with Crippen molar-refractivity contribution in [2.45, 2.75) is 32.7 Å². The van der Waals surface area contributed by atoms with Gasteiger partial charge in [0.25, 0.3) is 5.91 Å². The fourth-order valence-electron chi connectivity index (χ4n) is 2.41. The third-order valence-corrected chi connectivity index (χ3v) is 3.51. The van der Waals surface area contributed by atoms with Crippen LogP contribution in [0.15, 0.2) is 18.3 Å². The van der Waals surface area contributed by atoms with Gasteiger partial charge in [0.2, 0.25) is 0 Å². The van der Waals surface area contributed by atoms with Crippen LogP contribution in [0.25, 0.3) is 0 Å². The molecule has 1 fully saturated rings. The fourth-order valence-corrected chi connectivity index (χ4v) is 2.57. The number of carbonyl (C=O) groups is 1. The Morgan fingerprint density at radius 2 is 2.35 bits per heavy atom. The van der Waals surface area contributed by atoms with Gasteiger partial charge in [-0.25, -0.2) is 0 Å². The molecule has 1 unspecified atom stereocenters. The number of aromatic nitrogens is 1. The number of pyridine rings is 1. The minimum Gasteiger partial charge on any atom is -0.334 e. The van der Waals surface area contributed by atoms with Gasteiger partial charge >= 0.3 is 0 Å². The van der Waals surface area contributed by atoms with Gasteiger partial charge in [0, 0.05) is 23.8 Å². The summed E-state index contributed by atoms with van der Waals surface area (Å²) in [5, 5.41) is 0.559. The standard InChI is InChI=1S/C13H17ClN2O/c1-9(2)12-4-3-7-16(12)13(17)11-8-10(14)5-6-15-11/h5-6,8-9,12H,3-4,7H2,1-2H3. The molecular weight excluding hydrogens is 236 g/mol. The number of rotatable bonds is 2. The first-order valence-electron chi connectivity index (χ1n) is 6.02. The van der Waals surface area contributed by atoms with E-state index in [9.17, 15) is 4.79 Å². The lowest BCUT2D eigenvalue weighted by atomic mass is 10.0. The average Bonchev–Trinajstić information content (AvgIpc) is 2.77. The van der Waals surface area contributed by atoms with Gasteiger partial charge in [-0.1, -0.05) is 25.4 Å². The third-order valence-electron chi connectivity index (χ3n) is 3.27. The van der Waals surface area contributed by atoms with Crippen LogP contribution in [0, 0.1) is 5.92 Å². The Morgan fingerprint density at radius 1 is 1.59 bits per heavy atom. The van der Waals surface area contributed by atoms with Crippen molar-refractivity contribution < 1.29 is 4.79 Å². The molecule has 4 heteroatoms. The van der Waals surface area contributed by atoms with Crippen LogP contribution in [0.5, 0.6) is 0 Å². The van der Waals surface area contributed by atoms with Crippen molar-refractivity contribution in [2.75, 3.05) is 6.54 Å². The van der Waals surface area contributed by atoms with Gasteiger partial charge in [-0.15, -0.1) is 0 Å². The van der Waals surface area contributed by atoms with Gasteiger partial charge in [-0.2, -0.15) is 0 Å². The number of nitrogens with zero attached hydrogens (tertiary/aromatic N) is 2. The maximum atomic E-state index is 12.3. The summed E-state index contributed by atoms with van der Waals surface area (Å²) < 4.78 is 0. The van der Waals surface area contributed by atoms with Crippen LogP contribution in [0.3, 0.4) is 0 Å². The van der Waals surface area contributed by atoms with E-state index in [1.165, 1.54) is 0 Å². The van der Waals surface area contributed by atoms with Crippen molar-refractivity contribution >= 4 is 17.5 Å². The van der Waals surface area contributed by atoms with Crippen molar-refractivity contribution in [1.29, 1.82) is 0 Å². The van der Waals surface area contributed by atoms with Gasteiger partial charge in [0.15, 0.2) is 0 Å². The lowest BCUT2D eigenvalue weighted by Gasteiger charge is -2.27. The molecule has 92 valence electrons. The highest BCUT2D eigenvalue weighted by Gasteiger charge is 2.31. The molecule has 0 radical (unpaired) electrons. The van der Waals surface area contributed by atoms with E-state index in [0.29, 0.717) is 22.7 Å². The lowest BCUT2D eigenvalue weighted by molar-refractivity contribution is 0.0695. The zero-order valence-electron chi connectivity index (χ0n) is 10.2. The summed E-state index contributed by atoms with van der Waals surface area (Å²) in [5.74, 6) is 0.490. The molecule has 1 saturated heterocycles. The Hall–Kier alpha value is -1.09. The Kier molecular flexibility index (Phi) is 3.67. The van der Waals surface area contributed by atoms with E-state index in [4.69, 9.17) is 11.6 Å². The van der Waals surface area contributed by atoms with Gasteiger partial charge < -0.3 is 4.90 Å². The first-order valence-corrected chi connectivity index (χ1v) is 6.40. The fraction of sp³-hybridized carbons (Fsp3) is 0.538. The number of halogens is 1. The minimum atomic E-state index is 0.00343. The van der Waals surface area contributed by atoms with Gasteiger partial charge in [0.1, 0.15) is 5.69 Å². The first kappa shape index (κ1) is 12.4. The van der Waals surface area contributed by atoms with Crippen LogP contribution in [0.1, 0.15) is 37.2 Å². The van der Waals surface area contributed by atoms with Crippen LogP contribution in [-0.4, -0.2) is 28.4 Å². The smallest absolute Gasteiger partial charge is 0.272 e. The number of hydrogen-bond acceptors (Lipinski definition) is 2. The van der Waals surface area contributed by atoms with E-state index >= 15 is 0 Å². The zero-order chi connectivity index (χ0) is 12.4. The zero-order valence-corrected chi connectivity index (χ0v) is 10.9. The monoisotopic (exact) mass is 252 g/mol. The predicted octanol–water partition coefficient (Wildman–Crippen LogP) is 3.00. The number of carbonyl (C=O) groups excluding carboxylic acids is 1. The van der Waals surface area contributed by atoms with E-state index in [2.05, 4.69) is 18.8 Å². The topological polar surface area (TPSA) is 33.2 Å². The summed E-state index contributed by atoms with van der Waals surface area (Å²) in [7, 11) is 0. The van der Waals surface area contributed by atoms with Crippen LogP contribution >= 0.6 is 11.6 Å². The summed E-state index contributed by atoms with van der Waals surface area (Å²) in [6.45, 7) is 5.14. The molecule has 2 rings (SSSR count). The van der Waals surface area contributed by atoms with Crippen LogP contribution in [0.4, 0.5) is 0 Å². The molecule has 2 heterocycles. The number of likely N-dealkylation sites (tertiary alicyclic amines) is 1. The molecule has 0 bridgehead atoms. The second-order valence-corrected chi connectivity index (χ2v) is 5.25. The minimum absolute atomic E-state index is 0.00343. The molecule has 17 heavy (non-hydrogen) atoms. The highest BCUT2D eigenvalue weighted by molar-refractivity contribution is 6.30. The van der Waals surface area contributed by atoms with Gasteiger partial charge in [-0.05, 0) is 30.9 Å². The SMILES string of the molecule is CC(C)C1CCCN1C(=O)c1cc(Cl)ccn1. The first-order chi connectivity index (χ1) is 8.09. The highest BCUT2D eigenvalue weighted by Crippen LogP contribution is 2.25. The molecule has 3 nitrogen and oxygen atoms in total. The van der Waals surface area contributed by atoms with Crippen molar-refractivity contribution in [3.8, 4) is 0 Å². The Labute approximate surface area is 107 Å². The van der Waals surface area contributed by atoms with Crippen molar-refractivity contribution in [1.82, 2.24) is 9.88 Å². The van der Waals surface area contributed by atoms with Gasteiger partial charge in [0.05, 0.1) is 0 Å². The predicted molar refractivity (Wildman–Crippen MR) is 68.1 cm³/mol. The Morgan fingerprint density at radius 3 is 3.00 bits per heavy atom. The molecule has 0 spiro atoms. The summed E-state index contributed by atoms with van der Waals surface area (Å²) >= 11 is 5.88. The molecule has 1 aliphatic heterocycles. The molecule has 1 atom stereocenters. The number of amides is 1. The molecule has 1 aromatic heterocycles. The molecule has 0 saturated carbocycles. The maximum absolute atomic E-state index is 12.3. The largest absolute Gasteiger partial charge is 0.334 e. The van der Waals surface area contributed by atoms with Crippen LogP contribution < -0.4 is 0 Å². The van der Waals surface area contributed by atoms with Crippen LogP contribution in [-0.2, 0) is 0 Å². The molecule has 0 aromatic carbocycles. The van der Waals surface area contributed by atoms with Crippen molar-refractivity contribution in [3.05, 3.63) is 29.0 Å². The van der Waals surface area contributed by atoms with E-state index in [0.717, 1.165) is 19.4 Å². The molecule has 1 amide bonds. The van der Waals surface area contributed by atoms with Crippen LogP contribution in [0.2, 0.25) is 5.02 Å². The normalized spacial score (nSPS) is 20.0. The quantitative estimate of drug-likeness (QED) is 0.811. The summed E-state index contributed by atoms with van der Waals surface area (Å²) in [4.78, 5) is 18.4. The summed E-state index contributed by atoms with van der Waals surface area (Å²) in [6.07, 6.45) is 3.75. The summed E-state index contributed by atoms with van der Waals surface area (Å²) in [6, 6.07) is 3.66. The molecule has 0 aliphatic carbocycles.